The maximum Gasteiger partial charge on any atom is 0.342 e. The average Bonchev–Trinajstić information content (AvgIpc) is 3.56. The number of aliphatic carboxylic acids is 1. The fourth-order valence-electron chi connectivity index (χ4n) is 4.24. The van der Waals surface area contributed by atoms with Gasteiger partial charge in [-0.3, -0.25) is 4.57 Å². The number of nitrogens with zero attached hydrogens (tertiary/aromatic N) is 5. The summed E-state index contributed by atoms with van der Waals surface area (Å²) in [6.45, 7) is -0.393. The molecule has 0 spiro atoms. The van der Waals surface area contributed by atoms with Gasteiger partial charge in [0.25, 0.3) is 0 Å². The molecule has 0 amide bonds. The van der Waals surface area contributed by atoms with Crippen molar-refractivity contribution in [3.8, 4) is 0 Å². The molecule has 194 valence electrons. The van der Waals surface area contributed by atoms with Crippen LogP contribution in [0.25, 0.3) is 11.2 Å². The smallest absolute Gasteiger partial charge is 0.342 e. The van der Waals surface area contributed by atoms with E-state index in [2.05, 4.69) is 19.9 Å². The molecule has 7 N–H and O–H groups in total. The van der Waals surface area contributed by atoms with Gasteiger partial charge < -0.3 is 36.3 Å². The van der Waals surface area contributed by atoms with Crippen LogP contribution in [0.5, 0.6) is 0 Å². The number of aromatic nitrogens is 5. The first kappa shape index (κ1) is 25.3. The third kappa shape index (κ3) is 4.58. The Morgan fingerprint density at radius 2 is 1.95 bits per heavy atom. The number of thiazole rings is 1. The SMILES string of the molecule is Nc1nc([C@](Cc2ccccc2)(OC[C@H]2O[C@@H](n3cnc4c(N)nc(Cl)nc43)[C@H](O)[C@@H]2O)C(=O)O)cs1. The Balaban J connectivity index is 1.43. The maximum atomic E-state index is 12.6. The Morgan fingerprint density at radius 3 is 2.62 bits per heavy atom. The van der Waals surface area contributed by atoms with Crippen LogP contribution in [0.3, 0.4) is 0 Å². The molecule has 0 saturated carbocycles. The molecule has 3 aromatic heterocycles. The zero-order valence-corrected chi connectivity index (χ0v) is 20.6. The topological polar surface area (TPSA) is 205 Å². The van der Waals surface area contributed by atoms with Gasteiger partial charge in [-0.2, -0.15) is 9.97 Å². The zero-order chi connectivity index (χ0) is 26.3. The molecule has 5 atom stereocenters. The van der Waals surface area contributed by atoms with Crippen LogP contribution in [-0.2, 0) is 26.3 Å². The molecule has 0 radical (unpaired) electrons. The number of aliphatic hydroxyl groups excluding tert-OH is 2. The monoisotopic (exact) mass is 547 g/mol. The van der Waals surface area contributed by atoms with Crippen molar-refractivity contribution in [3.05, 3.63) is 58.6 Å². The number of ether oxygens (including phenoxy) is 2. The lowest BCUT2D eigenvalue weighted by molar-refractivity contribution is -0.177. The molecule has 0 unspecified atom stereocenters. The summed E-state index contributed by atoms with van der Waals surface area (Å²) in [6.07, 6.45) is -3.85. The van der Waals surface area contributed by atoms with Crippen molar-refractivity contribution in [1.82, 2.24) is 24.5 Å². The number of halogens is 1. The van der Waals surface area contributed by atoms with Crippen molar-refractivity contribution in [3.63, 3.8) is 0 Å². The van der Waals surface area contributed by atoms with Gasteiger partial charge in [-0.25, -0.2) is 14.8 Å². The Labute approximate surface area is 218 Å². The van der Waals surface area contributed by atoms with E-state index >= 15 is 0 Å². The molecule has 1 aromatic carbocycles. The molecule has 1 aliphatic rings. The first-order valence-electron chi connectivity index (χ1n) is 11.0. The number of nitrogen functional groups attached to an aromatic ring is 2. The highest BCUT2D eigenvalue weighted by Gasteiger charge is 2.49. The third-order valence-electron chi connectivity index (χ3n) is 6.10. The van der Waals surface area contributed by atoms with E-state index in [4.69, 9.17) is 32.5 Å². The fraction of sp³-hybridized carbons (Fsp3) is 0.318. The number of hydrogen-bond donors (Lipinski definition) is 5. The minimum absolute atomic E-state index is 0.0383. The van der Waals surface area contributed by atoms with E-state index in [1.807, 2.05) is 6.07 Å². The predicted molar refractivity (Wildman–Crippen MR) is 133 cm³/mol. The Kier molecular flexibility index (Phi) is 6.70. The number of imidazole rings is 1. The standard InChI is InChI=1S/C22H22ClN7O6S/c23-20-28-16(24)13-17(29-20)30(9-26-13)18-15(32)14(31)11(36-18)7-35-22(19(33)34,12-8-37-21(25)27-12)6-10-4-2-1-3-5-10/h1-5,8-9,11,14-15,18,31-32H,6-7H2,(H2,25,27)(H,33,34)(H2,24,28,29)/t11-,14-,15-,18-,22+/m1/s1. The summed E-state index contributed by atoms with van der Waals surface area (Å²) in [7, 11) is 0. The number of anilines is 2. The van der Waals surface area contributed by atoms with Crippen molar-refractivity contribution < 1.29 is 29.6 Å². The number of carboxylic acid groups (broad SMARTS) is 1. The van der Waals surface area contributed by atoms with Gasteiger partial charge in [0.05, 0.1) is 18.6 Å². The Morgan fingerprint density at radius 1 is 1.19 bits per heavy atom. The highest BCUT2D eigenvalue weighted by Crippen LogP contribution is 2.36. The van der Waals surface area contributed by atoms with Crippen molar-refractivity contribution in [2.45, 2.75) is 36.6 Å². The van der Waals surface area contributed by atoms with Gasteiger partial charge >= 0.3 is 5.97 Å². The second-order valence-corrected chi connectivity index (χ2v) is 9.65. The second-order valence-electron chi connectivity index (χ2n) is 8.42. The van der Waals surface area contributed by atoms with Crippen LogP contribution in [0.1, 0.15) is 17.5 Å². The van der Waals surface area contributed by atoms with Gasteiger partial charge in [0.1, 0.15) is 23.8 Å². The average molecular weight is 548 g/mol. The molecule has 1 fully saturated rings. The number of nitrogens with two attached hydrogens (primary N) is 2. The van der Waals surface area contributed by atoms with E-state index in [1.165, 1.54) is 16.3 Å². The van der Waals surface area contributed by atoms with E-state index in [-0.39, 0.29) is 39.5 Å². The van der Waals surface area contributed by atoms with E-state index in [0.717, 1.165) is 11.3 Å². The highest BCUT2D eigenvalue weighted by molar-refractivity contribution is 7.13. The zero-order valence-electron chi connectivity index (χ0n) is 19.0. The molecule has 1 saturated heterocycles. The van der Waals surface area contributed by atoms with Gasteiger partial charge in [-0.05, 0) is 17.2 Å². The first-order chi connectivity index (χ1) is 17.7. The Hall–Kier alpha value is -3.40. The highest BCUT2D eigenvalue weighted by atomic mass is 35.5. The molecule has 4 aromatic rings. The van der Waals surface area contributed by atoms with Crippen LogP contribution >= 0.6 is 22.9 Å². The minimum atomic E-state index is -1.93. The quantitative estimate of drug-likeness (QED) is 0.196. The van der Waals surface area contributed by atoms with Gasteiger partial charge in [-0.1, -0.05) is 30.3 Å². The van der Waals surface area contributed by atoms with Crippen LogP contribution in [0, 0.1) is 0 Å². The van der Waals surface area contributed by atoms with Crippen LogP contribution in [0.15, 0.2) is 42.0 Å². The van der Waals surface area contributed by atoms with Crippen LogP contribution in [-0.4, -0.2) is 70.7 Å². The van der Waals surface area contributed by atoms with Gasteiger partial charge in [-0.15, -0.1) is 11.3 Å². The van der Waals surface area contributed by atoms with E-state index < -0.39 is 42.7 Å². The predicted octanol–water partition coefficient (Wildman–Crippen LogP) is 0.959. The summed E-state index contributed by atoms with van der Waals surface area (Å²) in [4.78, 5) is 28.9. The summed E-state index contributed by atoms with van der Waals surface area (Å²) < 4.78 is 13.3. The molecule has 1 aliphatic heterocycles. The van der Waals surface area contributed by atoms with Gasteiger partial charge in [0, 0.05) is 11.8 Å². The fourth-order valence-corrected chi connectivity index (χ4v) is 5.03. The molecule has 5 rings (SSSR count). The number of carbonyl (C=O) groups is 1. The van der Waals surface area contributed by atoms with Gasteiger partial charge in [0.2, 0.25) is 10.9 Å². The summed E-state index contributed by atoms with van der Waals surface area (Å²) in [5.41, 5.74) is 10.9. The van der Waals surface area contributed by atoms with Crippen LogP contribution in [0.2, 0.25) is 5.28 Å². The summed E-state index contributed by atoms with van der Waals surface area (Å²) in [5.74, 6) is -1.26. The largest absolute Gasteiger partial charge is 0.479 e. The van der Waals surface area contributed by atoms with Crippen molar-refractivity contribution >= 4 is 51.0 Å². The molecule has 0 bridgehead atoms. The lowest BCUT2D eigenvalue weighted by Crippen LogP contribution is -2.44. The van der Waals surface area contributed by atoms with Crippen molar-refractivity contribution in [2.24, 2.45) is 0 Å². The van der Waals surface area contributed by atoms with E-state index in [1.54, 1.807) is 24.3 Å². The lowest BCUT2D eigenvalue weighted by atomic mass is 9.91. The third-order valence-corrected chi connectivity index (χ3v) is 6.95. The number of aliphatic hydroxyl groups is 2. The number of rotatable bonds is 8. The maximum absolute atomic E-state index is 12.6. The molecule has 37 heavy (non-hydrogen) atoms. The van der Waals surface area contributed by atoms with Crippen LogP contribution < -0.4 is 11.5 Å². The summed E-state index contributed by atoms with van der Waals surface area (Å²) >= 11 is 7.00. The van der Waals surface area contributed by atoms with Crippen LogP contribution in [0.4, 0.5) is 10.9 Å². The summed E-state index contributed by atoms with van der Waals surface area (Å²) in [5, 5.41) is 33.4. The lowest BCUT2D eigenvalue weighted by Gasteiger charge is -2.30. The van der Waals surface area contributed by atoms with Gasteiger partial charge in [0.15, 0.2) is 22.8 Å². The van der Waals surface area contributed by atoms with E-state index in [9.17, 15) is 20.1 Å². The molecule has 0 aliphatic carbocycles. The minimum Gasteiger partial charge on any atom is -0.479 e. The molecular formula is C22H22ClN7O6S. The molecular weight excluding hydrogens is 526 g/mol. The van der Waals surface area contributed by atoms with E-state index in [0.29, 0.717) is 5.56 Å². The first-order valence-corrected chi connectivity index (χ1v) is 12.3. The second kappa shape index (κ2) is 9.81. The number of benzene rings is 1. The number of carboxylic acids is 1. The molecule has 4 heterocycles. The number of fused-ring (bicyclic) bond motifs is 1. The summed E-state index contributed by atoms with van der Waals surface area (Å²) in [6, 6.07) is 8.89. The van der Waals surface area contributed by atoms with Crippen molar-refractivity contribution in [2.75, 3.05) is 18.1 Å². The number of hydrogen-bond acceptors (Lipinski definition) is 12. The molecule has 13 nitrogen and oxygen atoms in total. The Bertz CT molecular complexity index is 1440. The molecule has 15 heteroatoms. The van der Waals surface area contributed by atoms with Crippen molar-refractivity contribution in [1.29, 1.82) is 0 Å². The normalized spacial score (nSPS) is 23.3.